The average Bonchev–Trinajstić information content (AvgIpc) is 4.02. The van der Waals surface area contributed by atoms with Crippen molar-refractivity contribution in [3.05, 3.63) is 66.2 Å². The van der Waals surface area contributed by atoms with Gasteiger partial charge >= 0.3 is 6.09 Å². The number of rotatable bonds is 7. The van der Waals surface area contributed by atoms with Gasteiger partial charge < -0.3 is 35.1 Å². The van der Waals surface area contributed by atoms with Crippen LogP contribution in [0.2, 0.25) is 0 Å². The molecule has 0 spiro atoms. The zero-order valence-corrected chi connectivity index (χ0v) is 35.0. The van der Waals surface area contributed by atoms with Gasteiger partial charge in [0.25, 0.3) is 0 Å². The molecule has 2 fully saturated rings. The number of methoxy groups -OCH3 is 1. The van der Waals surface area contributed by atoms with Crippen LogP contribution in [0.5, 0.6) is 0 Å². The van der Waals surface area contributed by atoms with Crippen molar-refractivity contribution in [1.82, 2.24) is 45.4 Å². The number of hydrogen-bond acceptors (Lipinski definition) is 8. The fourth-order valence-electron chi connectivity index (χ4n) is 8.81. The van der Waals surface area contributed by atoms with Crippen LogP contribution in [0.4, 0.5) is 4.79 Å². The average molecular weight is 800 g/mol. The number of nitrogens with zero attached hydrogens (tertiary/aromatic N) is 5. The van der Waals surface area contributed by atoms with Crippen LogP contribution in [0.25, 0.3) is 55.0 Å². The van der Waals surface area contributed by atoms with Gasteiger partial charge in [-0.2, -0.15) is 0 Å². The summed E-state index contributed by atoms with van der Waals surface area (Å²) in [6, 6.07) is 16.5. The summed E-state index contributed by atoms with van der Waals surface area (Å²) in [6.45, 7) is 14.3. The van der Waals surface area contributed by atoms with Gasteiger partial charge in [0.1, 0.15) is 23.7 Å². The third kappa shape index (κ3) is 7.44. The predicted octanol–water partition coefficient (Wildman–Crippen LogP) is 7.46. The zero-order valence-electron chi connectivity index (χ0n) is 35.0. The van der Waals surface area contributed by atoms with Crippen LogP contribution in [-0.2, 0) is 19.1 Å². The molecule has 0 radical (unpaired) electrons. The van der Waals surface area contributed by atoms with Crippen LogP contribution >= 0.6 is 0 Å². The number of fused-ring (bicyclic) bond motifs is 6. The maximum Gasteiger partial charge on any atom is 0.407 e. The summed E-state index contributed by atoms with van der Waals surface area (Å²) in [6.07, 6.45) is 2.59. The molecule has 8 rings (SSSR count). The molecule has 0 aliphatic carbocycles. The van der Waals surface area contributed by atoms with Gasteiger partial charge in [0.2, 0.25) is 17.7 Å². The molecule has 0 unspecified atom stereocenters. The first-order valence-electron chi connectivity index (χ1n) is 20.5. The molecule has 14 nitrogen and oxygen atoms in total. The first kappa shape index (κ1) is 39.8. The van der Waals surface area contributed by atoms with Crippen molar-refractivity contribution < 1.29 is 23.9 Å². The Morgan fingerprint density at radius 1 is 0.695 bits per heavy atom. The number of amides is 4. The maximum atomic E-state index is 13.9. The lowest BCUT2D eigenvalue weighted by Gasteiger charge is -2.35. The maximum absolute atomic E-state index is 13.9. The molecule has 4 N–H and O–H groups in total. The Hall–Kier alpha value is -6.05. The summed E-state index contributed by atoms with van der Waals surface area (Å²) in [5.74, 6) is 0.987. The highest BCUT2D eigenvalue weighted by atomic mass is 16.5. The smallest absolute Gasteiger partial charge is 0.407 e. The summed E-state index contributed by atoms with van der Waals surface area (Å²) in [7, 11) is 1.29. The number of carbonyl (C=O) groups is 4. The van der Waals surface area contributed by atoms with Gasteiger partial charge in [-0.05, 0) is 78.3 Å². The standard InChI is InChI=1S/C45H53N9O5/c1-24(55)46-37(44(2,3)4)41(56)53-21-9-11-33(53)39-48-31-17-14-25-23-26(13-15-27(25)35(31)50-39)29-18-16-28-30(47-29)19-20-32-36(28)51-40(49-32)34-12-10-22-54(34)42(57)38(45(5,6)7)52-43(58)59-8/h13-20,23,33-34,37-38H,9-12,21-22H2,1-8H3,(H,46,55)(H,48,50)(H,49,51)(H,52,58)/t33-,34-,37+,38+/m0/s1. The van der Waals surface area contributed by atoms with Crippen LogP contribution < -0.4 is 10.6 Å². The number of benzene rings is 3. The number of H-pyrrole nitrogens is 2. The molecule has 2 aliphatic rings. The molecular weight excluding hydrogens is 747 g/mol. The van der Waals surface area contributed by atoms with Crippen molar-refractivity contribution >= 4 is 67.6 Å². The Kier molecular flexibility index (Phi) is 10.1. The van der Waals surface area contributed by atoms with E-state index in [1.807, 2.05) is 75.6 Å². The summed E-state index contributed by atoms with van der Waals surface area (Å²) in [4.78, 5) is 77.8. The van der Waals surface area contributed by atoms with E-state index in [1.54, 1.807) is 0 Å². The number of hydrogen-bond donors (Lipinski definition) is 4. The van der Waals surface area contributed by atoms with Gasteiger partial charge in [0.05, 0.1) is 52.5 Å². The fraction of sp³-hybridized carbons (Fsp3) is 0.444. The van der Waals surface area contributed by atoms with Crippen molar-refractivity contribution in [2.75, 3.05) is 20.2 Å². The molecule has 6 aromatic rings. The normalized spacial score (nSPS) is 18.5. The van der Waals surface area contributed by atoms with Crippen molar-refractivity contribution in [3.8, 4) is 11.3 Å². The highest BCUT2D eigenvalue weighted by Gasteiger charge is 2.42. The second-order valence-corrected chi connectivity index (χ2v) is 18.2. The van der Waals surface area contributed by atoms with E-state index in [0.717, 1.165) is 86.5 Å². The fourth-order valence-corrected chi connectivity index (χ4v) is 8.81. The van der Waals surface area contributed by atoms with E-state index in [-0.39, 0.29) is 29.8 Å². The molecule has 3 aromatic carbocycles. The predicted molar refractivity (Wildman–Crippen MR) is 227 cm³/mol. The number of carbonyl (C=O) groups excluding carboxylic acids is 4. The van der Waals surface area contributed by atoms with Crippen LogP contribution in [0.15, 0.2) is 54.6 Å². The molecule has 3 aromatic heterocycles. The molecule has 59 heavy (non-hydrogen) atoms. The first-order chi connectivity index (χ1) is 28.0. The van der Waals surface area contributed by atoms with Crippen LogP contribution in [0.3, 0.4) is 0 Å². The third-order valence-electron chi connectivity index (χ3n) is 11.9. The highest BCUT2D eigenvalue weighted by molar-refractivity contribution is 6.06. The summed E-state index contributed by atoms with van der Waals surface area (Å²) in [5, 5.41) is 8.62. The minimum absolute atomic E-state index is 0.0881. The van der Waals surface area contributed by atoms with E-state index in [4.69, 9.17) is 19.7 Å². The van der Waals surface area contributed by atoms with E-state index in [0.29, 0.717) is 18.9 Å². The molecule has 2 saturated heterocycles. The Balaban J connectivity index is 1.06. The lowest BCUT2D eigenvalue weighted by Crippen LogP contribution is -2.54. The van der Waals surface area contributed by atoms with Crippen LogP contribution in [-0.4, -0.2) is 90.8 Å². The minimum Gasteiger partial charge on any atom is -0.453 e. The Labute approximate surface area is 342 Å². The molecular formula is C45H53N9O5. The van der Waals surface area contributed by atoms with Gasteiger partial charge in [-0.15, -0.1) is 0 Å². The SMILES string of the molecule is COC(=O)N[C@H](C(=O)N1CCC[C@H]1c1nc2ccc3nc(-c4ccc5c(ccc6nc([C@@H]7CCCN7C(=O)[C@@H](NC(C)=O)C(C)(C)C)[nH]c65)c4)ccc3c2[nH]1)C(C)(C)C. The zero-order chi connectivity index (χ0) is 42.0. The number of aromatic nitrogens is 5. The van der Waals surface area contributed by atoms with Gasteiger partial charge in [-0.25, -0.2) is 19.7 Å². The number of ether oxygens (including phenoxy) is 1. The van der Waals surface area contributed by atoms with Gasteiger partial charge in [0, 0.05) is 36.3 Å². The van der Waals surface area contributed by atoms with Gasteiger partial charge in [-0.1, -0.05) is 59.7 Å². The minimum atomic E-state index is -0.758. The Morgan fingerprint density at radius 3 is 1.78 bits per heavy atom. The van der Waals surface area contributed by atoms with Crippen LogP contribution in [0.1, 0.15) is 97.9 Å². The largest absolute Gasteiger partial charge is 0.453 e. The van der Waals surface area contributed by atoms with Crippen molar-refractivity contribution in [3.63, 3.8) is 0 Å². The van der Waals surface area contributed by atoms with Crippen molar-refractivity contribution in [1.29, 1.82) is 0 Å². The molecule has 5 heterocycles. The topological polar surface area (TPSA) is 178 Å². The van der Waals surface area contributed by atoms with Gasteiger partial charge in [-0.3, -0.25) is 14.4 Å². The molecule has 2 aliphatic heterocycles. The van der Waals surface area contributed by atoms with Crippen molar-refractivity contribution in [2.24, 2.45) is 10.8 Å². The lowest BCUT2D eigenvalue weighted by atomic mass is 9.85. The third-order valence-corrected chi connectivity index (χ3v) is 11.9. The second-order valence-electron chi connectivity index (χ2n) is 18.2. The quantitative estimate of drug-likeness (QED) is 0.129. The molecule has 308 valence electrons. The molecule has 4 atom stereocenters. The van der Waals surface area contributed by atoms with E-state index in [2.05, 4.69) is 50.9 Å². The summed E-state index contributed by atoms with van der Waals surface area (Å²) >= 11 is 0. The summed E-state index contributed by atoms with van der Waals surface area (Å²) in [5.41, 5.74) is 5.04. The van der Waals surface area contributed by atoms with E-state index in [1.165, 1.54) is 14.0 Å². The Morgan fingerprint density at radius 2 is 1.22 bits per heavy atom. The number of nitrogens with one attached hydrogen (secondary N) is 4. The summed E-state index contributed by atoms with van der Waals surface area (Å²) < 4.78 is 4.83. The van der Waals surface area contributed by atoms with Crippen LogP contribution in [0, 0.1) is 10.8 Å². The first-order valence-corrected chi connectivity index (χ1v) is 20.5. The van der Waals surface area contributed by atoms with Crippen molar-refractivity contribution in [2.45, 2.75) is 98.3 Å². The molecule has 4 amide bonds. The van der Waals surface area contributed by atoms with E-state index >= 15 is 0 Å². The molecule has 0 saturated carbocycles. The number of pyridine rings is 1. The number of alkyl carbamates (subject to hydrolysis) is 1. The number of likely N-dealkylation sites (tertiary alicyclic amines) is 2. The monoisotopic (exact) mass is 799 g/mol. The lowest BCUT2D eigenvalue weighted by molar-refractivity contribution is -0.140. The second kappa shape index (κ2) is 15.0. The van der Waals surface area contributed by atoms with E-state index < -0.39 is 29.0 Å². The Bertz CT molecular complexity index is 2630. The highest BCUT2D eigenvalue weighted by Crippen LogP contribution is 2.38. The van der Waals surface area contributed by atoms with E-state index in [9.17, 15) is 19.2 Å². The number of aromatic amines is 2. The molecule has 0 bridgehead atoms. The van der Waals surface area contributed by atoms with Gasteiger partial charge in [0.15, 0.2) is 0 Å². The number of imidazole rings is 2. The molecule has 14 heteroatoms.